The number of piperidine rings is 3. The molecule has 0 spiro atoms. The predicted octanol–water partition coefficient (Wildman–Crippen LogP) is 5.76. The van der Waals surface area contributed by atoms with Crippen LogP contribution < -0.4 is 19.9 Å². The molecule has 4 aromatic rings. The molecule has 65 heavy (non-hydrogen) atoms. The molecular weight excluding hydrogens is 849 g/mol. The van der Waals surface area contributed by atoms with E-state index >= 15 is 4.39 Å². The number of halogens is 2. The van der Waals surface area contributed by atoms with E-state index in [0.717, 1.165) is 85.1 Å². The number of fused-ring (bicyclic) bond motifs is 1. The molecular formula is C49H53ClFN9O5. The Bertz CT molecular complexity index is 2520. The molecule has 5 aliphatic rings. The van der Waals surface area contributed by atoms with Crippen molar-refractivity contribution in [3.05, 3.63) is 111 Å². The van der Waals surface area contributed by atoms with Gasteiger partial charge in [0.25, 0.3) is 11.8 Å². The van der Waals surface area contributed by atoms with Crippen molar-refractivity contribution >= 4 is 46.9 Å². The minimum Gasteiger partial charge on any atom is -0.487 e. The van der Waals surface area contributed by atoms with Gasteiger partial charge >= 0.3 is 0 Å². The lowest BCUT2D eigenvalue weighted by molar-refractivity contribution is -0.136. The summed E-state index contributed by atoms with van der Waals surface area (Å²) in [6, 6.07) is 22.0. The number of carbonyl (C=O) groups is 4. The third-order valence-corrected chi connectivity index (χ3v) is 14.3. The third kappa shape index (κ3) is 9.30. The summed E-state index contributed by atoms with van der Waals surface area (Å²) in [7, 11) is 0. The fourth-order valence-electron chi connectivity index (χ4n) is 10.0. The van der Waals surface area contributed by atoms with Crippen molar-refractivity contribution in [1.82, 2.24) is 30.0 Å². The number of benzene rings is 3. The van der Waals surface area contributed by atoms with Crippen LogP contribution >= 0.6 is 11.6 Å². The number of hydrogen-bond acceptors (Lipinski definition) is 12. The minimum absolute atomic E-state index is 0.0319. The Balaban J connectivity index is 0.710. The van der Waals surface area contributed by atoms with Gasteiger partial charge in [-0.15, -0.1) is 0 Å². The molecule has 4 amide bonds. The second-order valence-electron chi connectivity index (χ2n) is 18.4. The molecule has 1 aromatic heterocycles. The van der Waals surface area contributed by atoms with E-state index in [4.69, 9.17) is 21.3 Å². The smallest absolute Gasteiger partial charge is 0.262 e. The standard InChI is InChI=1S/C49H53ClFN9O5/c1-49(2,34-23-31(27-52)24-35(50)25-34)33-3-6-39(7-4-33)65-30-36-11-15-53-48(54-36)58-17-13-37(14-18-58)59-16-12-32(42(51)29-59)28-56-19-21-57(22-20-56)38-5-8-40-41(26-38)47(64)60(46(40)63)43-9-10-44(61)55-45(43)62/h3-8,11,15,23-26,32,37,42-43H,9-10,12-14,16-22,28-30H2,1-2H3,(H,55,61,62). The highest BCUT2D eigenvalue weighted by Crippen LogP contribution is 2.36. The number of anilines is 2. The summed E-state index contributed by atoms with van der Waals surface area (Å²) < 4.78 is 22.0. The predicted molar refractivity (Wildman–Crippen MR) is 243 cm³/mol. The summed E-state index contributed by atoms with van der Waals surface area (Å²) in [5.74, 6) is -0.684. The molecule has 3 aromatic carbocycles. The van der Waals surface area contributed by atoms with Gasteiger partial charge in [0, 0.05) is 93.1 Å². The van der Waals surface area contributed by atoms with Crippen molar-refractivity contribution in [2.75, 3.05) is 68.7 Å². The van der Waals surface area contributed by atoms with Crippen molar-refractivity contribution in [2.45, 2.75) is 76.2 Å². The Morgan fingerprint density at radius 3 is 2.32 bits per heavy atom. The average Bonchev–Trinajstić information content (AvgIpc) is 3.56. The zero-order chi connectivity index (χ0) is 45.4. The zero-order valence-electron chi connectivity index (χ0n) is 36.7. The summed E-state index contributed by atoms with van der Waals surface area (Å²) in [6.07, 6.45) is 3.69. The Morgan fingerprint density at radius 1 is 0.846 bits per heavy atom. The number of aromatic nitrogens is 2. The molecule has 16 heteroatoms. The lowest BCUT2D eigenvalue weighted by Gasteiger charge is -2.44. The van der Waals surface area contributed by atoms with Gasteiger partial charge in [0.2, 0.25) is 17.8 Å². The molecule has 0 bridgehead atoms. The van der Waals surface area contributed by atoms with Gasteiger partial charge in [0.15, 0.2) is 0 Å². The Labute approximate surface area is 383 Å². The average molecular weight is 902 g/mol. The minimum atomic E-state index is -0.996. The van der Waals surface area contributed by atoms with Crippen LogP contribution in [0.3, 0.4) is 0 Å². The molecule has 0 radical (unpaired) electrons. The van der Waals surface area contributed by atoms with Crippen LogP contribution in [-0.2, 0) is 21.6 Å². The lowest BCUT2D eigenvalue weighted by Crippen LogP contribution is -2.54. The molecule has 9 rings (SSSR count). The number of rotatable bonds is 11. The summed E-state index contributed by atoms with van der Waals surface area (Å²) >= 11 is 6.31. The summed E-state index contributed by atoms with van der Waals surface area (Å²) in [5.41, 5.74) is 4.35. The first kappa shape index (κ1) is 44.3. The van der Waals surface area contributed by atoms with E-state index in [-0.39, 0.29) is 35.3 Å². The highest BCUT2D eigenvalue weighted by atomic mass is 35.5. The molecule has 3 atom stereocenters. The highest BCUT2D eigenvalue weighted by molar-refractivity contribution is 6.30. The molecule has 0 aliphatic carbocycles. The van der Waals surface area contributed by atoms with Crippen LogP contribution in [0.4, 0.5) is 16.0 Å². The van der Waals surface area contributed by atoms with E-state index in [9.17, 15) is 24.4 Å². The van der Waals surface area contributed by atoms with Crippen LogP contribution in [0.25, 0.3) is 0 Å². The van der Waals surface area contributed by atoms with E-state index in [1.54, 1.807) is 24.4 Å². The Kier molecular flexibility index (Phi) is 12.6. The van der Waals surface area contributed by atoms with Crippen LogP contribution in [0.1, 0.15) is 89.1 Å². The number of carbonyl (C=O) groups excluding carboxylic acids is 4. The van der Waals surface area contributed by atoms with Gasteiger partial charge < -0.3 is 14.5 Å². The Hall–Kier alpha value is -5.95. The second kappa shape index (κ2) is 18.5. The number of nitrogens with one attached hydrogen (secondary N) is 1. The monoisotopic (exact) mass is 901 g/mol. The molecule has 5 aliphatic heterocycles. The van der Waals surface area contributed by atoms with Crippen molar-refractivity contribution < 1.29 is 28.3 Å². The fourth-order valence-corrected chi connectivity index (χ4v) is 10.3. The van der Waals surface area contributed by atoms with Crippen molar-refractivity contribution in [3.8, 4) is 11.8 Å². The van der Waals surface area contributed by atoms with Gasteiger partial charge in [0.05, 0.1) is 28.5 Å². The van der Waals surface area contributed by atoms with Gasteiger partial charge in [-0.2, -0.15) is 5.26 Å². The van der Waals surface area contributed by atoms with Gasteiger partial charge in [-0.1, -0.05) is 37.6 Å². The van der Waals surface area contributed by atoms with Crippen molar-refractivity contribution in [2.24, 2.45) is 5.92 Å². The molecule has 338 valence electrons. The van der Waals surface area contributed by atoms with Crippen molar-refractivity contribution in [3.63, 3.8) is 0 Å². The zero-order valence-corrected chi connectivity index (χ0v) is 37.5. The SMILES string of the molecule is CC(C)(c1ccc(OCc2ccnc(N3CCC(N4CCC(CN5CCN(c6ccc7c(c6)C(=O)N(C6CCC(=O)NC6=O)C7=O)CC5)C(F)C4)CC3)n2)cc1)c1cc(Cl)cc(C#N)c1. The van der Waals surface area contributed by atoms with Gasteiger partial charge in [-0.25, -0.2) is 14.4 Å². The number of alkyl halides is 1. The first-order valence-electron chi connectivity index (χ1n) is 22.6. The molecule has 14 nitrogen and oxygen atoms in total. The van der Waals surface area contributed by atoms with E-state index in [2.05, 4.69) is 49.8 Å². The molecule has 4 fully saturated rings. The number of nitrogens with zero attached hydrogens (tertiary/aromatic N) is 8. The highest BCUT2D eigenvalue weighted by Gasteiger charge is 2.45. The van der Waals surface area contributed by atoms with E-state index in [1.807, 2.05) is 48.5 Å². The quantitative estimate of drug-likeness (QED) is 0.182. The van der Waals surface area contributed by atoms with Gasteiger partial charge in [-0.3, -0.25) is 39.2 Å². The first-order chi connectivity index (χ1) is 31.3. The van der Waals surface area contributed by atoms with Crippen LogP contribution in [0.2, 0.25) is 5.02 Å². The maximum absolute atomic E-state index is 15.9. The Morgan fingerprint density at radius 2 is 1.60 bits per heavy atom. The number of piperazine rings is 1. The first-order valence-corrected chi connectivity index (χ1v) is 22.9. The maximum Gasteiger partial charge on any atom is 0.262 e. The number of ether oxygens (including phenoxy) is 1. The molecule has 3 unspecified atom stereocenters. The third-order valence-electron chi connectivity index (χ3n) is 14.0. The van der Waals surface area contributed by atoms with Gasteiger partial charge in [0.1, 0.15) is 24.6 Å². The van der Waals surface area contributed by atoms with Crippen LogP contribution in [-0.4, -0.2) is 125 Å². The maximum atomic E-state index is 15.9. The van der Waals surface area contributed by atoms with Crippen LogP contribution in [0.15, 0.2) is 72.9 Å². The summed E-state index contributed by atoms with van der Waals surface area (Å²) in [6.45, 7) is 11.0. The number of hydrogen-bond donors (Lipinski definition) is 1. The number of likely N-dealkylation sites (tertiary alicyclic amines) is 1. The molecule has 6 heterocycles. The fraction of sp³-hybridized carbons (Fsp3) is 0.449. The molecule has 0 saturated carbocycles. The summed E-state index contributed by atoms with van der Waals surface area (Å²) in [4.78, 5) is 70.1. The topological polar surface area (TPSA) is 155 Å². The lowest BCUT2D eigenvalue weighted by atomic mass is 9.78. The van der Waals surface area contributed by atoms with E-state index < -0.39 is 35.8 Å². The number of amides is 4. The molecule has 4 saturated heterocycles. The van der Waals surface area contributed by atoms with E-state index in [1.165, 1.54) is 0 Å². The second-order valence-corrected chi connectivity index (χ2v) is 18.8. The number of nitriles is 1. The normalized spacial score (nSPS) is 22.5. The largest absolute Gasteiger partial charge is 0.487 e. The van der Waals surface area contributed by atoms with Crippen LogP contribution in [0, 0.1) is 17.2 Å². The van der Waals surface area contributed by atoms with Crippen LogP contribution in [0.5, 0.6) is 5.75 Å². The van der Waals surface area contributed by atoms with E-state index in [0.29, 0.717) is 55.4 Å². The number of imide groups is 2. The molecule has 1 N–H and O–H groups in total. The van der Waals surface area contributed by atoms with Crippen molar-refractivity contribution in [1.29, 1.82) is 5.26 Å². The summed E-state index contributed by atoms with van der Waals surface area (Å²) in [5, 5.41) is 12.2. The van der Waals surface area contributed by atoms with Gasteiger partial charge in [-0.05, 0) is 98.0 Å².